The number of hydrogen-bond donors (Lipinski definition) is 4. The minimum atomic E-state index is -1.01. The Bertz CT molecular complexity index is 1780. The highest BCUT2D eigenvalue weighted by Gasteiger charge is 2.44. The third-order valence-corrected chi connectivity index (χ3v) is 8.27. The number of anilines is 1. The zero-order chi connectivity index (χ0) is 32.2. The first-order chi connectivity index (χ1) is 22.3. The molecule has 6 rings (SSSR count). The standard InChI is InChI=1S/C32H33N9O5/c33-16-19(26-18-37-24-3-1-2-4-25(24)38-26)17-36-20-9-13-40(14-10-20)32(46)35-12-11-34-21-5-6-22-23(15-21)31(45)41(30(22)44)27-7-8-28(42)39-29(27)43/h1-6,15-18,20,27,34H,7-14,33H2,(H,35,46)(H,39,42,43). The number of benzene rings is 2. The first kappa shape index (κ1) is 30.4. The van der Waals surface area contributed by atoms with E-state index in [-0.39, 0.29) is 36.0 Å². The lowest BCUT2D eigenvalue weighted by molar-refractivity contribution is -0.136. The number of nitrogens with two attached hydrogens (primary N) is 1. The number of carbonyl (C=O) groups excluding carboxylic acids is 5. The van der Waals surface area contributed by atoms with Crippen LogP contribution in [-0.4, -0.2) is 93.9 Å². The van der Waals surface area contributed by atoms with Crippen LogP contribution in [-0.2, 0) is 9.59 Å². The van der Waals surface area contributed by atoms with Crippen molar-refractivity contribution in [3.8, 4) is 0 Å². The summed E-state index contributed by atoms with van der Waals surface area (Å²) in [7, 11) is 0. The van der Waals surface area contributed by atoms with Crippen LogP contribution in [0.4, 0.5) is 10.5 Å². The van der Waals surface area contributed by atoms with Crippen LogP contribution < -0.4 is 21.7 Å². The lowest BCUT2D eigenvalue weighted by Gasteiger charge is -2.30. The summed E-state index contributed by atoms with van der Waals surface area (Å²) in [6.45, 7) is 1.84. The minimum Gasteiger partial charge on any atom is -0.404 e. The molecule has 2 saturated heterocycles. The van der Waals surface area contributed by atoms with Gasteiger partial charge in [-0.2, -0.15) is 0 Å². The predicted octanol–water partition coefficient (Wildman–Crippen LogP) is 1.69. The molecule has 14 nitrogen and oxygen atoms in total. The number of aromatic nitrogens is 2. The fraction of sp³-hybridized carbons (Fsp3) is 0.312. The van der Waals surface area contributed by atoms with E-state index in [2.05, 4.69) is 25.9 Å². The van der Waals surface area contributed by atoms with Gasteiger partial charge in [0.15, 0.2) is 0 Å². The summed E-state index contributed by atoms with van der Waals surface area (Å²) in [5, 5.41) is 8.25. The molecular formula is C32H33N9O5. The Balaban J connectivity index is 0.947. The molecule has 0 bridgehead atoms. The Morgan fingerprint density at radius 2 is 1.76 bits per heavy atom. The molecule has 14 heteroatoms. The normalized spacial score (nSPS) is 19.1. The maximum atomic E-state index is 13.0. The lowest BCUT2D eigenvalue weighted by atomic mass is 10.0. The van der Waals surface area contributed by atoms with Gasteiger partial charge in [0.1, 0.15) is 6.04 Å². The molecule has 4 heterocycles. The van der Waals surface area contributed by atoms with Crippen LogP contribution in [0.5, 0.6) is 0 Å². The summed E-state index contributed by atoms with van der Waals surface area (Å²) in [5.41, 5.74) is 9.75. The van der Waals surface area contributed by atoms with Crippen molar-refractivity contribution in [1.29, 1.82) is 0 Å². The fourth-order valence-electron chi connectivity index (χ4n) is 5.76. The molecule has 6 amide bonds. The van der Waals surface area contributed by atoms with Gasteiger partial charge < -0.3 is 21.3 Å². The summed E-state index contributed by atoms with van der Waals surface area (Å²) in [5.74, 6) is -2.20. The van der Waals surface area contributed by atoms with Gasteiger partial charge in [0.05, 0.1) is 40.1 Å². The monoisotopic (exact) mass is 623 g/mol. The number of allylic oxidation sites excluding steroid dienone is 1. The SMILES string of the molecule is NC=C(C=NC1CCN(C(=O)NCCNc2ccc3c(c2)C(=O)N(C2CCC(=O)NC2=O)C3=O)CC1)c1cnc2ccccc2n1. The molecule has 3 aliphatic rings. The average molecular weight is 624 g/mol. The molecule has 3 aliphatic heterocycles. The number of hydrogen-bond acceptors (Lipinski definition) is 10. The Hall–Kier alpha value is -5.66. The van der Waals surface area contributed by atoms with Gasteiger partial charge in [0.25, 0.3) is 11.8 Å². The van der Waals surface area contributed by atoms with Gasteiger partial charge in [-0.05, 0) is 49.6 Å². The van der Waals surface area contributed by atoms with Crippen molar-refractivity contribution in [2.24, 2.45) is 10.7 Å². The van der Waals surface area contributed by atoms with E-state index in [9.17, 15) is 24.0 Å². The molecule has 1 unspecified atom stereocenters. The molecule has 236 valence electrons. The van der Waals surface area contributed by atoms with Crippen molar-refractivity contribution in [2.75, 3.05) is 31.5 Å². The summed E-state index contributed by atoms with van der Waals surface area (Å²) in [6.07, 6.45) is 6.44. The largest absolute Gasteiger partial charge is 0.404 e. The molecule has 1 aromatic heterocycles. The van der Waals surface area contributed by atoms with Gasteiger partial charge in [-0.15, -0.1) is 0 Å². The smallest absolute Gasteiger partial charge is 0.317 e. The summed E-state index contributed by atoms with van der Waals surface area (Å²) in [6, 6.07) is 11.2. The van der Waals surface area contributed by atoms with E-state index in [4.69, 9.17) is 10.7 Å². The van der Waals surface area contributed by atoms with E-state index < -0.39 is 29.7 Å². The van der Waals surface area contributed by atoms with Crippen LogP contribution in [0.1, 0.15) is 52.1 Å². The number of urea groups is 1. The molecule has 0 aliphatic carbocycles. The number of aliphatic imine (C=N–C) groups is 1. The summed E-state index contributed by atoms with van der Waals surface area (Å²) < 4.78 is 0. The predicted molar refractivity (Wildman–Crippen MR) is 170 cm³/mol. The van der Waals surface area contributed by atoms with Crippen LogP contribution in [0.15, 0.2) is 59.9 Å². The molecule has 46 heavy (non-hydrogen) atoms. The maximum Gasteiger partial charge on any atom is 0.317 e. The first-order valence-corrected chi connectivity index (χ1v) is 15.1. The second kappa shape index (κ2) is 13.1. The number of fused-ring (bicyclic) bond motifs is 2. The summed E-state index contributed by atoms with van der Waals surface area (Å²) >= 11 is 0. The van der Waals surface area contributed by atoms with Crippen LogP contribution >= 0.6 is 0 Å². The van der Waals surface area contributed by atoms with Crippen LogP contribution in [0.2, 0.25) is 0 Å². The van der Waals surface area contributed by atoms with E-state index in [1.807, 2.05) is 24.3 Å². The number of nitrogens with one attached hydrogen (secondary N) is 3. The highest BCUT2D eigenvalue weighted by molar-refractivity contribution is 6.23. The van der Waals surface area contributed by atoms with E-state index >= 15 is 0 Å². The van der Waals surface area contributed by atoms with Gasteiger partial charge in [-0.1, -0.05) is 12.1 Å². The Morgan fingerprint density at radius 1 is 1.00 bits per heavy atom. The molecular weight excluding hydrogens is 590 g/mol. The summed E-state index contributed by atoms with van der Waals surface area (Å²) in [4.78, 5) is 78.8. The third-order valence-electron chi connectivity index (χ3n) is 8.27. The van der Waals surface area contributed by atoms with Crippen LogP contribution in [0.25, 0.3) is 16.6 Å². The minimum absolute atomic E-state index is 0.0504. The molecule has 3 aromatic rings. The lowest BCUT2D eigenvalue weighted by Crippen LogP contribution is -2.54. The van der Waals surface area contributed by atoms with Crippen LogP contribution in [0.3, 0.4) is 0 Å². The number of para-hydroxylation sites is 2. The second-order valence-electron chi connectivity index (χ2n) is 11.2. The zero-order valence-electron chi connectivity index (χ0n) is 24.9. The van der Waals surface area contributed by atoms with Crippen molar-refractivity contribution in [1.82, 2.24) is 30.4 Å². The van der Waals surface area contributed by atoms with E-state index in [0.29, 0.717) is 56.0 Å². The average Bonchev–Trinajstić information content (AvgIpc) is 3.31. The van der Waals surface area contributed by atoms with Gasteiger partial charge in [0.2, 0.25) is 11.8 Å². The van der Waals surface area contributed by atoms with E-state index in [0.717, 1.165) is 15.9 Å². The van der Waals surface area contributed by atoms with Crippen molar-refractivity contribution in [3.05, 3.63) is 71.7 Å². The number of rotatable bonds is 8. The molecule has 2 aromatic carbocycles. The third kappa shape index (κ3) is 6.27. The number of carbonyl (C=O) groups is 5. The van der Waals surface area contributed by atoms with Crippen molar-refractivity contribution in [2.45, 2.75) is 37.8 Å². The van der Waals surface area contributed by atoms with E-state index in [1.165, 1.54) is 12.3 Å². The molecule has 1 atom stereocenters. The topological polar surface area (TPSA) is 192 Å². The number of likely N-dealkylation sites (tertiary alicyclic amines) is 1. The first-order valence-electron chi connectivity index (χ1n) is 15.1. The van der Waals surface area contributed by atoms with Gasteiger partial charge >= 0.3 is 6.03 Å². The van der Waals surface area contributed by atoms with Gasteiger partial charge in [-0.25, -0.2) is 9.78 Å². The number of amides is 6. The molecule has 2 fully saturated rings. The van der Waals surface area contributed by atoms with Crippen molar-refractivity contribution >= 4 is 58.2 Å². The molecule has 0 spiro atoms. The zero-order valence-corrected chi connectivity index (χ0v) is 24.9. The second-order valence-corrected chi connectivity index (χ2v) is 11.2. The van der Waals surface area contributed by atoms with E-state index in [1.54, 1.807) is 29.4 Å². The number of nitrogens with zero attached hydrogens (tertiary/aromatic N) is 5. The van der Waals surface area contributed by atoms with Gasteiger partial charge in [-0.3, -0.25) is 39.4 Å². The quantitative estimate of drug-likeness (QED) is 0.164. The van der Waals surface area contributed by atoms with Crippen LogP contribution in [0, 0.1) is 0 Å². The fourth-order valence-corrected chi connectivity index (χ4v) is 5.76. The van der Waals surface area contributed by atoms with Crippen molar-refractivity contribution < 1.29 is 24.0 Å². The Kier molecular flexibility index (Phi) is 8.68. The Labute approximate surface area is 264 Å². The molecule has 5 N–H and O–H groups in total. The van der Waals surface area contributed by atoms with Crippen molar-refractivity contribution in [3.63, 3.8) is 0 Å². The maximum absolute atomic E-state index is 13.0. The highest BCUT2D eigenvalue weighted by Crippen LogP contribution is 2.29. The highest BCUT2D eigenvalue weighted by atomic mass is 16.2. The number of imide groups is 2. The Morgan fingerprint density at radius 3 is 2.52 bits per heavy atom. The molecule has 0 saturated carbocycles. The number of piperidine rings is 2. The van der Waals surface area contributed by atoms with Gasteiger partial charge in [0, 0.05) is 56.3 Å². The molecule has 0 radical (unpaired) electrons.